The van der Waals surface area contributed by atoms with Crippen molar-refractivity contribution in [3.63, 3.8) is 0 Å². The van der Waals surface area contributed by atoms with Crippen LogP contribution in [0.2, 0.25) is 5.02 Å². The van der Waals surface area contributed by atoms with Gasteiger partial charge in [-0.1, -0.05) is 11.6 Å². The van der Waals surface area contributed by atoms with Gasteiger partial charge in [0.1, 0.15) is 5.82 Å². The van der Waals surface area contributed by atoms with E-state index in [0.717, 1.165) is 0 Å². The molecule has 1 atom stereocenters. The van der Waals surface area contributed by atoms with E-state index >= 15 is 0 Å². The lowest BCUT2D eigenvalue weighted by Gasteiger charge is -2.10. The minimum absolute atomic E-state index is 0.0906. The maximum atomic E-state index is 12.9. The molecule has 26 heavy (non-hydrogen) atoms. The highest BCUT2D eigenvalue weighted by Crippen LogP contribution is 2.40. The first-order valence-electron chi connectivity index (χ1n) is 7.71. The monoisotopic (exact) mass is 376 g/mol. The topological polar surface area (TPSA) is 61.8 Å². The summed E-state index contributed by atoms with van der Waals surface area (Å²) in [6.07, 6.45) is 1.67. The molecule has 134 valence electrons. The molecule has 0 radical (unpaired) electrons. The molecule has 0 bridgehead atoms. The second-order valence-corrected chi connectivity index (χ2v) is 5.93. The number of esters is 1. The summed E-state index contributed by atoms with van der Waals surface area (Å²) in [6, 6.07) is 8.31. The van der Waals surface area contributed by atoms with Crippen molar-refractivity contribution < 1.29 is 28.2 Å². The Morgan fingerprint density at radius 3 is 2.69 bits per heavy atom. The van der Waals surface area contributed by atoms with Gasteiger partial charge >= 0.3 is 5.97 Å². The molecule has 1 aliphatic rings. The normalized spacial score (nSPS) is 13.7. The van der Waals surface area contributed by atoms with E-state index in [1.165, 1.54) is 43.3 Å². The number of fused-ring (bicyclic) bond motifs is 1. The van der Waals surface area contributed by atoms with Crippen LogP contribution in [0.25, 0.3) is 6.08 Å². The van der Waals surface area contributed by atoms with Crippen LogP contribution < -0.4 is 9.47 Å². The number of rotatable bonds is 5. The summed E-state index contributed by atoms with van der Waals surface area (Å²) < 4.78 is 28.4. The molecule has 0 saturated heterocycles. The average Bonchev–Trinajstić information content (AvgIpc) is 3.09. The number of ketones is 1. The van der Waals surface area contributed by atoms with Crippen LogP contribution in [0.1, 0.15) is 22.8 Å². The van der Waals surface area contributed by atoms with Crippen LogP contribution in [-0.2, 0) is 9.53 Å². The summed E-state index contributed by atoms with van der Waals surface area (Å²) in [5, 5.41) is 0.368. The fourth-order valence-corrected chi connectivity index (χ4v) is 2.64. The third-order valence-electron chi connectivity index (χ3n) is 3.65. The van der Waals surface area contributed by atoms with E-state index < -0.39 is 23.7 Å². The van der Waals surface area contributed by atoms with Crippen molar-refractivity contribution in [2.24, 2.45) is 0 Å². The molecule has 1 heterocycles. The second kappa shape index (κ2) is 7.58. The molecule has 2 aromatic carbocycles. The van der Waals surface area contributed by atoms with Crippen molar-refractivity contribution in [2.45, 2.75) is 13.0 Å². The van der Waals surface area contributed by atoms with E-state index in [4.69, 9.17) is 25.8 Å². The molecule has 7 heteroatoms. The first-order chi connectivity index (χ1) is 12.4. The zero-order valence-corrected chi connectivity index (χ0v) is 14.5. The number of Topliss-reactive ketones (excluding diaryl/α,β-unsaturated/α-hetero) is 1. The molecule has 2 aromatic rings. The number of hydrogen-bond acceptors (Lipinski definition) is 5. The lowest BCUT2D eigenvalue weighted by molar-refractivity contribution is -0.140. The molecule has 0 unspecified atom stereocenters. The van der Waals surface area contributed by atoms with Crippen LogP contribution in [0.3, 0.4) is 0 Å². The predicted octanol–water partition coefficient (Wildman–Crippen LogP) is 4.04. The molecule has 0 saturated carbocycles. The smallest absolute Gasteiger partial charge is 0.331 e. The molecule has 0 fully saturated rings. The molecule has 0 aromatic heterocycles. The van der Waals surface area contributed by atoms with Crippen molar-refractivity contribution in [2.75, 3.05) is 6.79 Å². The highest BCUT2D eigenvalue weighted by molar-refractivity contribution is 6.32. The SMILES string of the molecule is C[C@H](OC(=O)/C=C/c1cc(Cl)c2c(c1)OCO2)C(=O)c1ccc(F)cc1. The highest BCUT2D eigenvalue weighted by atomic mass is 35.5. The fourth-order valence-electron chi connectivity index (χ4n) is 2.36. The van der Waals surface area contributed by atoms with Gasteiger partial charge in [-0.2, -0.15) is 0 Å². The molecule has 5 nitrogen and oxygen atoms in total. The van der Waals surface area contributed by atoms with Gasteiger partial charge in [0.25, 0.3) is 0 Å². The summed E-state index contributed by atoms with van der Waals surface area (Å²) in [5.74, 6) is -0.605. The summed E-state index contributed by atoms with van der Waals surface area (Å²) in [4.78, 5) is 24.1. The summed E-state index contributed by atoms with van der Waals surface area (Å²) in [7, 11) is 0. The first kappa shape index (κ1) is 17.9. The van der Waals surface area contributed by atoms with Crippen LogP contribution in [0, 0.1) is 5.82 Å². The third-order valence-corrected chi connectivity index (χ3v) is 3.93. The van der Waals surface area contributed by atoms with Crippen molar-refractivity contribution in [1.29, 1.82) is 0 Å². The molecule has 3 rings (SSSR count). The van der Waals surface area contributed by atoms with E-state index in [2.05, 4.69) is 0 Å². The summed E-state index contributed by atoms with van der Waals surface area (Å²) >= 11 is 6.07. The quantitative estimate of drug-likeness (QED) is 0.448. The van der Waals surface area contributed by atoms with E-state index in [0.29, 0.717) is 22.1 Å². The molecule has 0 aliphatic carbocycles. The standard InChI is InChI=1S/C19H14ClFO5/c1-11(18(23)13-3-5-14(21)6-4-13)26-17(22)7-2-12-8-15(20)19-16(9-12)24-10-25-19/h2-9,11H,10H2,1H3/b7-2+/t11-/m0/s1. The maximum absolute atomic E-state index is 12.9. The molecular formula is C19H14ClFO5. The second-order valence-electron chi connectivity index (χ2n) is 5.52. The Balaban J connectivity index is 1.63. The van der Waals surface area contributed by atoms with Gasteiger partial charge in [-0.05, 0) is 55.0 Å². The lowest BCUT2D eigenvalue weighted by Crippen LogP contribution is -2.23. The van der Waals surface area contributed by atoms with E-state index in [-0.39, 0.29) is 12.4 Å². The summed E-state index contributed by atoms with van der Waals surface area (Å²) in [6.45, 7) is 1.54. The lowest BCUT2D eigenvalue weighted by atomic mass is 10.1. The van der Waals surface area contributed by atoms with E-state index in [1.54, 1.807) is 12.1 Å². The number of carbonyl (C=O) groups excluding carboxylic acids is 2. The first-order valence-corrected chi connectivity index (χ1v) is 8.09. The highest BCUT2D eigenvalue weighted by Gasteiger charge is 2.19. The number of halogens is 2. The number of benzene rings is 2. The van der Waals surface area contributed by atoms with Crippen molar-refractivity contribution in [1.82, 2.24) is 0 Å². The Morgan fingerprint density at radius 1 is 1.23 bits per heavy atom. The Hall–Kier alpha value is -2.86. The van der Waals surface area contributed by atoms with Gasteiger partial charge in [0.2, 0.25) is 12.6 Å². The zero-order chi connectivity index (χ0) is 18.7. The summed E-state index contributed by atoms with van der Waals surface area (Å²) in [5.41, 5.74) is 0.881. The molecule has 0 spiro atoms. The van der Waals surface area contributed by atoms with E-state index in [1.807, 2.05) is 0 Å². The number of hydrogen-bond donors (Lipinski definition) is 0. The molecular weight excluding hydrogens is 363 g/mol. The van der Waals surface area contributed by atoms with E-state index in [9.17, 15) is 14.0 Å². The molecule has 1 aliphatic heterocycles. The number of ether oxygens (including phenoxy) is 3. The third kappa shape index (κ3) is 4.03. The Labute approximate surface area is 153 Å². The van der Waals surface area contributed by atoms with Crippen molar-refractivity contribution in [3.05, 3.63) is 64.4 Å². The minimum Gasteiger partial charge on any atom is -0.454 e. The van der Waals surface area contributed by atoms with Gasteiger partial charge in [0.15, 0.2) is 17.6 Å². The Bertz CT molecular complexity index is 876. The minimum atomic E-state index is -1.00. The van der Waals surface area contributed by atoms with Gasteiger partial charge in [-0.15, -0.1) is 0 Å². The van der Waals surface area contributed by atoms with Crippen LogP contribution in [0.5, 0.6) is 11.5 Å². The zero-order valence-electron chi connectivity index (χ0n) is 13.7. The van der Waals surface area contributed by atoms with Crippen molar-refractivity contribution in [3.8, 4) is 11.5 Å². The molecule has 0 N–H and O–H groups in total. The Kier molecular flexibility index (Phi) is 5.23. The Morgan fingerprint density at radius 2 is 1.96 bits per heavy atom. The maximum Gasteiger partial charge on any atom is 0.331 e. The van der Waals surface area contributed by atoms with Gasteiger partial charge in [0, 0.05) is 11.6 Å². The van der Waals surface area contributed by atoms with Crippen molar-refractivity contribution >= 4 is 29.4 Å². The van der Waals surface area contributed by atoms with Gasteiger partial charge in [-0.25, -0.2) is 9.18 Å². The largest absolute Gasteiger partial charge is 0.454 e. The van der Waals surface area contributed by atoms with Crippen LogP contribution in [0.4, 0.5) is 4.39 Å². The predicted molar refractivity (Wildman–Crippen MR) is 92.9 cm³/mol. The van der Waals surface area contributed by atoms with Gasteiger partial charge in [0.05, 0.1) is 5.02 Å². The number of carbonyl (C=O) groups is 2. The van der Waals surface area contributed by atoms with Crippen LogP contribution in [-0.4, -0.2) is 24.6 Å². The molecule has 0 amide bonds. The van der Waals surface area contributed by atoms with Gasteiger partial charge in [-0.3, -0.25) is 4.79 Å². The average molecular weight is 377 g/mol. The van der Waals surface area contributed by atoms with Crippen LogP contribution >= 0.6 is 11.6 Å². The van der Waals surface area contributed by atoms with Crippen LogP contribution in [0.15, 0.2) is 42.5 Å². The van der Waals surface area contributed by atoms with Gasteiger partial charge < -0.3 is 14.2 Å². The fraction of sp³-hybridized carbons (Fsp3) is 0.158.